The fourth-order valence-corrected chi connectivity index (χ4v) is 2.98. The van der Waals surface area contributed by atoms with E-state index in [4.69, 9.17) is 5.11 Å². The van der Waals surface area contributed by atoms with Crippen LogP contribution < -0.4 is 4.72 Å². The lowest BCUT2D eigenvalue weighted by Crippen LogP contribution is -2.08. The maximum Gasteiger partial charge on any atom is 0.335 e. The molecule has 0 amide bonds. The number of aromatic nitrogens is 1. The van der Waals surface area contributed by atoms with Gasteiger partial charge in [-0.25, -0.2) is 13.2 Å². The highest BCUT2D eigenvalue weighted by Crippen LogP contribution is 2.28. The van der Waals surface area contributed by atoms with Gasteiger partial charge in [-0.05, 0) is 29.7 Å². The van der Waals surface area contributed by atoms with Crippen LogP contribution >= 0.6 is 11.5 Å². The van der Waals surface area contributed by atoms with Crippen LogP contribution in [0.25, 0.3) is 10.9 Å². The van der Waals surface area contributed by atoms with Crippen molar-refractivity contribution in [1.82, 2.24) is 4.37 Å². The fourth-order valence-electron chi connectivity index (χ4n) is 1.32. The van der Waals surface area contributed by atoms with Crippen molar-refractivity contribution in [2.24, 2.45) is 0 Å². The predicted octanol–water partition coefficient (Wildman–Crippen LogP) is 1.37. The van der Waals surface area contributed by atoms with Crippen LogP contribution in [-0.4, -0.2) is 30.1 Å². The number of carboxylic acid groups (broad SMARTS) is 1. The van der Waals surface area contributed by atoms with Gasteiger partial charge in [-0.1, -0.05) is 0 Å². The zero-order valence-electron chi connectivity index (χ0n) is 8.67. The summed E-state index contributed by atoms with van der Waals surface area (Å²) in [5, 5.41) is 9.78. The Morgan fingerprint density at radius 3 is 2.76 bits per heavy atom. The molecule has 1 heterocycles. The summed E-state index contributed by atoms with van der Waals surface area (Å²) in [7, 11) is -3.36. The first-order valence-electron chi connectivity index (χ1n) is 4.47. The summed E-state index contributed by atoms with van der Waals surface area (Å²) in [6, 6.07) is 4.35. The molecule has 0 aliphatic heterocycles. The van der Waals surface area contributed by atoms with Crippen molar-refractivity contribution in [3.8, 4) is 0 Å². The van der Waals surface area contributed by atoms with Gasteiger partial charge < -0.3 is 5.11 Å². The third-order valence-corrected chi connectivity index (χ3v) is 3.50. The molecule has 0 spiro atoms. The lowest BCUT2D eigenvalue weighted by Gasteiger charge is -2.00. The molecule has 2 aromatic rings. The maximum atomic E-state index is 11.1. The number of aromatic carboxylic acids is 1. The molecule has 8 heteroatoms. The van der Waals surface area contributed by atoms with Gasteiger partial charge in [-0.3, -0.25) is 4.72 Å². The van der Waals surface area contributed by atoms with Crippen molar-refractivity contribution in [3.05, 3.63) is 23.8 Å². The van der Waals surface area contributed by atoms with E-state index in [1.165, 1.54) is 18.2 Å². The van der Waals surface area contributed by atoms with E-state index in [-0.39, 0.29) is 5.56 Å². The number of carbonyl (C=O) groups is 1. The predicted molar refractivity (Wildman–Crippen MR) is 65.0 cm³/mol. The first kappa shape index (κ1) is 11.8. The van der Waals surface area contributed by atoms with E-state index in [0.717, 1.165) is 17.8 Å². The Kier molecular flexibility index (Phi) is 2.76. The second-order valence-corrected chi connectivity index (χ2v) is 5.94. The molecular weight excluding hydrogens is 264 g/mol. The summed E-state index contributed by atoms with van der Waals surface area (Å²) < 4.78 is 28.5. The fraction of sp³-hybridized carbons (Fsp3) is 0.111. The van der Waals surface area contributed by atoms with Crippen LogP contribution in [0.15, 0.2) is 18.2 Å². The third kappa shape index (κ3) is 2.53. The molecule has 0 fully saturated rings. The van der Waals surface area contributed by atoms with Crippen LogP contribution in [-0.2, 0) is 10.0 Å². The molecule has 90 valence electrons. The molecule has 0 unspecified atom stereocenters. The second-order valence-electron chi connectivity index (χ2n) is 3.42. The molecule has 17 heavy (non-hydrogen) atoms. The largest absolute Gasteiger partial charge is 0.478 e. The summed E-state index contributed by atoms with van der Waals surface area (Å²) in [6.45, 7) is 0. The first-order chi connectivity index (χ1) is 7.87. The average molecular weight is 272 g/mol. The molecular formula is C9H8N2O4S2. The standard InChI is InChI=1S/C9H8N2O4S2/c1-17(14,15)11-8-6-3-2-5(9(12)13)4-7(6)10-16-8/h2-4,11H,1H3,(H,12,13). The maximum absolute atomic E-state index is 11.1. The first-order valence-corrected chi connectivity index (χ1v) is 7.14. The van der Waals surface area contributed by atoms with Crippen LogP contribution in [0, 0.1) is 0 Å². The molecule has 0 radical (unpaired) electrons. The van der Waals surface area contributed by atoms with Crippen molar-refractivity contribution in [1.29, 1.82) is 0 Å². The van der Waals surface area contributed by atoms with E-state index in [9.17, 15) is 13.2 Å². The van der Waals surface area contributed by atoms with Gasteiger partial charge in [0.1, 0.15) is 5.00 Å². The number of carboxylic acids is 1. The van der Waals surface area contributed by atoms with E-state index in [2.05, 4.69) is 9.10 Å². The van der Waals surface area contributed by atoms with Crippen LogP contribution in [0.4, 0.5) is 5.00 Å². The van der Waals surface area contributed by atoms with Gasteiger partial charge in [0.15, 0.2) is 0 Å². The van der Waals surface area contributed by atoms with Crippen LogP contribution in [0.2, 0.25) is 0 Å². The molecule has 0 bridgehead atoms. The van der Waals surface area contributed by atoms with Gasteiger partial charge >= 0.3 is 5.97 Å². The topological polar surface area (TPSA) is 96.4 Å². The monoisotopic (exact) mass is 272 g/mol. The zero-order valence-corrected chi connectivity index (χ0v) is 10.3. The van der Waals surface area contributed by atoms with Crippen molar-refractivity contribution in [2.75, 3.05) is 11.0 Å². The molecule has 0 aliphatic carbocycles. The Labute approximate surface area is 101 Å². The van der Waals surface area contributed by atoms with Crippen LogP contribution in [0.5, 0.6) is 0 Å². The van der Waals surface area contributed by atoms with Gasteiger partial charge in [-0.2, -0.15) is 4.37 Å². The molecule has 2 rings (SSSR count). The smallest absolute Gasteiger partial charge is 0.335 e. The molecule has 1 aromatic carbocycles. The van der Waals surface area contributed by atoms with Crippen molar-refractivity contribution >= 4 is 43.4 Å². The summed E-state index contributed by atoms with van der Waals surface area (Å²) >= 11 is 0.977. The highest BCUT2D eigenvalue weighted by Gasteiger charge is 2.12. The minimum atomic E-state index is -3.36. The number of hydrogen-bond donors (Lipinski definition) is 2. The Hall–Kier alpha value is -1.67. The lowest BCUT2D eigenvalue weighted by atomic mass is 10.1. The lowest BCUT2D eigenvalue weighted by molar-refractivity contribution is 0.0697. The zero-order chi connectivity index (χ0) is 12.6. The summed E-state index contributed by atoms with van der Waals surface area (Å²) in [5.74, 6) is -1.04. The second kappa shape index (κ2) is 3.97. The summed E-state index contributed by atoms with van der Waals surface area (Å²) in [6.07, 6.45) is 1.05. The minimum absolute atomic E-state index is 0.119. The highest BCUT2D eigenvalue weighted by atomic mass is 32.2. The number of anilines is 1. The third-order valence-electron chi connectivity index (χ3n) is 2.00. The number of benzene rings is 1. The molecule has 6 nitrogen and oxygen atoms in total. The summed E-state index contributed by atoms with van der Waals surface area (Å²) in [5.41, 5.74) is 0.578. The van der Waals surface area contributed by atoms with E-state index in [1.54, 1.807) is 0 Å². The van der Waals surface area contributed by atoms with Gasteiger partial charge in [0, 0.05) is 5.39 Å². The van der Waals surface area contributed by atoms with Gasteiger partial charge in [0.25, 0.3) is 0 Å². The number of nitrogens with zero attached hydrogens (tertiary/aromatic N) is 1. The highest BCUT2D eigenvalue weighted by molar-refractivity contribution is 7.92. The molecule has 0 saturated carbocycles. The molecule has 0 atom stereocenters. The summed E-state index contributed by atoms with van der Waals surface area (Å²) in [4.78, 5) is 10.7. The average Bonchev–Trinajstić information content (AvgIpc) is 2.58. The van der Waals surface area contributed by atoms with Crippen molar-refractivity contribution in [2.45, 2.75) is 0 Å². The van der Waals surface area contributed by atoms with Gasteiger partial charge in [0.2, 0.25) is 10.0 Å². The molecule has 2 N–H and O–H groups in total. The van der Waals surface area contributed by atoms with Crippen LogP contribution in [0.3, 0.4) is 0 Å². The van der Waals surface area contributed by atoms with Gasteiger partial charge in [0.05, 0.1) is 17.3 Å². The van der Waals surface area contributed by atoms with E-state index < -0.39 is 16.0 Å². The Balaban J connectivity index is 2.52. The Morgan fingerprint density at radius 1 is 1.47 bits per heavy atom. The normalized spacial score (nSPS) is 11.6. The molecule has 0 saturated heterocycles. The number of fused-ring (bicyclic) bond motifs is 1. The Morgan fingerprint density at radius 2 is 2.18 bits per heavy atom. The van der Waals surface area contributed by atoms with E-state index in [1.807, 2.05) is 0 Å². The van der Waals surface area contributed by atoms with Gasteiger partial charge in [-0.15, -0.1) is 0 Å². The number of nitrogens with one attached hydrogen (secondary N) is 1. The van der Waals surface area contributed by atoms with E-state index >= 15 is 0 Å². The number of sulfonamides is 1. The SMILES string of the molecule is CS(=O)(=O)Nc1snc2cc(C(=O)O)ccc12. The quantitative estimate of drug-likeness (QED) is 0.879. The molecule has 1 aromatic heterocycles. The number of hydrogen-bond acceptors (Lipinski definition) is 5. The number of rotatable bonds is 3. The van der Waals surface area contributed by atoms with Crippen molar-refractivity contribution < 1.29 is 18.3 Å². The van der Waals surface area contributed by atoms with Crippen molar-refractivity contribution in [3.63, 3.8) is 0 Å². The Bertz CT molecular complexity index is 690. The minimum Gasteiger partial charge on any atom is -0.478 e. The molecule has 0 aliphatic rings. The van der Waals surface area contributed by atoms with E-state index in [0.29, 0.717) is 15.9 Å². The van der Waals surface area contributed by atoms with Crippen LogP contribution in [0.1, 0.15) is 10.4 Å².